The van der Waals surface area contributed by atoms with E-state index in [1.807, 2.05) is 0 Å². The molecule has 80 valence electrons. The lowest BCUT2D eigenvalue weighted by atomic mass is 9.88. The van der Waals surface area contributed by atoms with E-state index in [-0.39, 0.29) is 0 Å². The molecule has 3 rings (SSSR count). The normalized spacial score (nSPS) is 28.7. The predicted octanol–water partition coefficient (Wildman–Crippen LogP) is 3.08. The SMILES string of the molecule is c1ccc(C2CNC3(CCCC3)C2)cc1. The van der Waals surface area contributed by atoms with E-state index in [4.69, 9.17) is 0 Å². The molecule has 2 fully saturated rings. The van der Waals surface area contributed by atoms with Crippen molar-refractivity contribution in [3.8, 4) is 0 Å². The van der Waals surface area contributed by atoms with E-state index in [2.05, 4.69) is 35.6 Å². The van der Waals surface area contributed by atoms with Crippen LogP contribution in [-0.2, 0) is 0 Å². The standard InChI is InChI=1S/C14H19N/c1-2-6-12(7-3-1)13-10-14(15-11-13)8-4-5-9-14/h1-3,6-7,13,15H,4-5,8-11H2. The van der Waals surface area contributed by atoms with Gasteiger partial charge in [0.15, 0.2) is 0 Å². The molecular weight excluding hydrogens is 182 g/mol. The summed E-state index contributed by atoms with van der Waals surface area (Å²) < 4.78 is 0. The molecule has 1 heteroatoms. The van der Waals surface area contributed by atoms with Crippen LogP contribution in [0, 0.1) is 0 Å². The maximum atomic E-state index is 3.78. The van der Waals surface area contributed by atoms with Crippen molar-refractivity contribution in [2.24, 2.45) is 0 Å². The highest BCUT2D eigenvalue weighted by Crippen LogP contribution is 2.41. The molecule has 1 heterocycles. The molecule has 1 N–H and O–H groups in total. The van der Waals surface area contributed by atoms with Crippen LogP contribution < -0.4 is 5.32 Å². The number of nitrogens with one attached hydrogen (secondary N) is 1. The second-order valence-corrected chi connectivity index (χ2v) is 5.18. The fraction of sp³-hybridized carbons (Fsp3) is 0.571. The van der Waals surface area contributed by atoms with Gasteiger partial charge in [0.05, 0.1) is 0 Å². The van der Waals surface area contributed by atoms with Gasteiger partial charge in [-0.1, -0.05) is 43.2 Å². The van der Waals surface area contributed by atoms with Crippen LogP contribution in [0.4, 0.5) is 0 Å². The van der Waals surface area contributed by atoms with Gasteiger partial charge in [0.25, 0.3) is 0 Å². The van der Waals surface area contributed by atoms with Crippen LogP contribution in [0.1, 0.15) is 43.6 Å². The topological polar surface area (TPSA) is 12.0 Å². The zero-order chi connectivity index (χ0) is 10.1. The minimum absolute atomic E-state index is 0.514. The molecule has 0 radical (unpaired) electrons. The van der Waals surface area contributed by atoms with E-state index >= 15 is 0 Å². The number of benzene rings is 1. The number of hydrogen-bond donors (Lipinski definition) is 1. The molecule has 1 nitrogen and oxygen atoms in total. The van der Waals surface area contributed by atoms with E-state index in [0.29, 0.717) is 5.54 Å². The first-order valence-electron chi connectivity index (χ1n) is 6.18. The average Bonchev–Trinajstić information content (AvgIpc) is 2.91. The second-order valence-electron chi connectivity index (χ2n) is 5.18. The lowest BCUT2D eigenvalue weighted by molar-refractivity contribution is 0.384. The van der Waals surface area contributed by atoms with Crippen molar-refractivity contribution in [3.05, 3.63) is 35.9 Å². The Kier molecular flexibility index (Phi) is 2.28. The van der Waals surface area contributed by atoms with Crippen LogP contribution in [0.3, 0.4) is 0 Å². The molecule has 1 aromatic rings. The van der Waals surface area contributed by atoms with Gasteiger partial charge in [-0.15, -0.1) is 0 Å². The first kappa shape index (κ1) is 9.41. The fourth-order valence-electron chi connectivity index (χ4n) is 3.35. The maximum Gasteiger partial charge on any atom is 0.0188 e. The van der Waals surface area contributed by atoms with Crippen LogP contribution >= 0.6 is 0 Å². The third-order valence-electron chi connectivity index (χ3n) is 4.19. The summed E-state index contributed by atoms with van der Waals surface area (Å²) in [5.41, 5.74) is 2.04. The monoisotopic (exact) mass is 201 g/mol. The van der Waals surface area contributed by atoms with Gasteiger partial charge in [-0.25, -0.2) is 0 Å². The Balaban J connectivity index is 1.76. The molecular formula is C14H19N. The minimum atomic E-state index is 0.514. The molecule has 1 atom stereocenters. The maximum absolute atomic E-state index is 3.78. The molecule has 0 bridgehead atoms. The van der Waals surface area contributed by atoms with Gasteiger partial charge in [0.2, 0.25) is 0 Å². The Labute approximate surface area is 91.9 Å². The number of rotatable bonds is 1. The highest BCUT2D eigenvalue weighted by molar-refractivity contribution is 5.23. The van der Waals surface area contributed by atoms with Crippen molar-refractivity contribution in [2.75, 3.05) is 6.54 Å². The van der Waals surface area contributed by atoms with Gasteiger partial charge in [-0.05, 0) is 30.7 Å². The Morgan fingerprint density at radius 3 is 2.53 bits per heavy atom. The van der Waals surface area contributed by atoms with Crippen LogP contribution in [0.5, 0.6) is 0 Å². The largest absolute Gasteiger partial charge is 0.311 e. The van der Waals surface area contributed by atoms with Gasteiger partial charge in [0, 0.05) is 12.1 Å². The summed E-state index contributed by atoms with van der Waals surface area (Å²) in [7, 11) is 0. The molecule has 1 aliphatic heterocycles. The molecule has 1 spiro atoms. The fourth-order valence-corrected chi connectivity index (χ4v) is 3.35. The summed E-state index contributed by atoms with van der Waals surface area (Å²) in [5, 5.41) is 3.78. The predicted molar refractivity (Wildman–Crippen MR) is 63.0 cm³/mol. The molecule has 1 saturated heterocycles. The van der Waals surface area contributed by atoms with Crippen LogP contribution in [0.25, 0.3) is 0 Å². The van der Waals surface area contributed by atoms with Crippen LogP contribution in [0.15, 0.2) is 30.3 Å². The molecule has 0 amide bonds. The zero-order valence-electron chi connectivity index (χ0n) is 9.21. The molecule has 1 saturated carbocycles. The van der Waals surface area contributed by atoms with E-state index in [0.717, 1.165) is 5.92 Å². The first-order chi connectivity index (χ1) is 7.38. The molecule has 2 aliphatic rings. The third kappa shape index (κ3) is 1.69. The molecule has 1 unspecified atom stereocenters. The Morgan fingerprint density at radius 1 is 1.07 bits per heavy atom. The number of hydrogen-bond acceptors (Lipinski definition) is 1. The van der Waals surface area contributed by atoms with Gasteiger partial charge >= 0.3 is 0 Å². The summed E-state index contributed by atoms with van der Waals surface area (Å²) in [6.07, 6.45) is 7.01. The Bertz CT molecular complexity index is 324. The first-order valence-corrected chi connectivity index (χ1v) is 6.18. The Hall–Kier alpha value is -0.820. The van der Waals surface area contributed by atoms with E-state index < -0.39 is 0 Å². The second kappa shape index (κ2) is 3.64. The highest BCUT2D eigenvalue weighted by Gasteiger charge is 2.40. The van der Waals surface area contributed by atoms with E-state index in [1.165, 1.54) is 44.2 Å². The van der Waals surface area contributed by atoms with Crippen molar-refractivity contribution < 1.29 is 0 Å². The molecule has 1 aliphatic carbocycles. The van der Waals surface area contributed by atoms with Crippen molar-refractivity contribution in [3.63, 3.8) is 0 Å². The van der Waals surface area contributed by atoms with Gasteiger partial charge in [-0.2, -0.15) is 0 Å². The molecule has 0 aromatic heterocycles. The summed E-state index contributed by atoms with van der Waals surface area (Å²) in [5.74, 6) is 0.754. The lowest BCUT2D eigenvalue weighted by Gasteiger charge is -2.23. The molecule has 1 aromatic carbocycles. The zero-order valence-corrected chi connectivity index (χ0v) is 9.21. The molecule has 15 heavy (non-hydrogen) atoms. The van der Waals surface area contributed by atoms with Gasteiger partial charge in [-0.3, -0.25) is 0 Å². The van der Waals surface area contributed by atoms with Crippen LogP contribution in [-0.4, -0.2) is 12.1 Å². The summed E-state index contributed by atoms with van der Waals surface area (Å²) in [6, 6.07) is 11.0. The van der Waals surface area contributed by atoms with Crippen molar-refractivity contribution in [2.45, 2.75) is 43.6 Å². The van der Waals surface area contributed by atoms with Crippen molar-refractivity contribution in [1.82, 2.24) is 5.32 Å². The summed E-state index contributed by atoms with van der Waals surface area (Å²) in [6.45, 7) is 1.18. The lowest BCUT2D eigenvalue weighted by Crippen LogP contribution is -2.35. The average molecular weight is 201 g/mol. The quantitative estimate of drug-likeness (QED) is 0.736. The highest BCUT2D eigenvalue weighted by atomic mass is 15.0. The van der Waals surface area contributed by atoms with E-state index in [9.17, 15) is 0 Å². The van der Waals surface area contributed by atoms with Gasteiger partial charge in [0.1, 0.15) is 0 Å². The van der Waals surface area contributed by atoms with Crippen molar-refractivity contribution >= 4 is 0 Å². The third-order valence-corrected chi connectivity index (χ3v) is 4.19. The Morgan fingerprint density at radius 2 is 1.80 bits per heavy atom. The van der Waals surface area contributed by atoms with Gasteiger partial charge < -0.3 is 5.32 Å². The summed E-state index contributed by atoms with van der Waals surface area (Å²) in [4.78, 5) is 0. The van der Waals surface area contributed by atoms with E-state index in [1.54, 1.807) is 0 Å². The van der Waals surface area contributed by atoms with Crippen LogP contribution in [0.2, 0.25) is 0 Å². The summed E-state index contributed by atoms with van der Waals surface area (Å²) >= 11 is 0. The van der Waals surface area contributed by atoms with Crippen molar-refractivity contribution in [1.29, 1.82) is 0 Å². The minimum Gasteiger partial charge on any atom is -0.311 e. The smallest absolute Gasteiger partial charge is 0.0188 e.